The number of hydrogen-bond donors (Lipinski definition) is 1. The summed E-state index contributed by atoms with van der Waals surface area (Å²) >= 11 is 2.88. The van der Waals surface area contributed by atoms with Crippen LogP contribution < -0.4 is 0 Å². The minimum absolute atomic E-state index is 0.0355. The van der Waals surface area contributed by atoms with Crippen molar-refractivity contribution in [3.05, 3.63) is 52.0 Å². The highest BCUT2D eigenvalue weighted by atomic mass is 79.9. The second-order valence-corrected chi connectivity index (χ2v) is 5.05. The maximum atomic E-state index is 14.0. The number of hydrogen-bond acceptors (Lipinski definition) is 3. The van der Waals surface area contributed by atoms with Crippen LogP contribution in [-0.4, -0.2) is 26.1 Å². The van der Waals surface area contributed by atoms with E-state index in [0.29, 0.717) is 0 Å². The average Bonchev–Trinajstić information content (AvgIpc) is 2.86. The van der Waals surface area contributed by atoms with Crippen molar-refractivity contribution >= 4 is 32.9 Å². The largest absolute Gasteiger partial charge is 0.478 e. The van der Waals surface area contributed by atoms with Gasteiger partial charge in [0.05, 0.1) is 10.0 Å². The van der Waals surface area contributed by atoms with Gasteiger partial charge in [-0.25, -0.2) is 18.3 Å². The molecule has 1 aromatic heterocycles. The predicted molar refractivity (Wildman–Crippen MR) is 73.4 cm³/mol. The highest BCUT2D eigenvalue weighted by Crippen LogP contribution is 2.26. The van der Waals surface area contributed by atoms with Crippen LogP contribution >= 0.6 is 15.9 Å². The monoisotopic (exact) mass is 353 g/mol. The van der Waals surface area contributed by atoms with Crippen molar-refractivity contribution < 1.29 is 18.7 Å². The third-order valence-electron chi connectivity index (χ3n) is 2.92. The summed E-state index contributed by atoms with van der Waals surface area (Å²) in [5.41, 5.74) is 0.0652. The fourth-order valence-corrected chi connectivity index (χ4v) is 2.30. The summed E-state index contributed by atoms with van der Waals surface area (Å²) in [4.78, 5) is 11.3. The van der Waals surface area contributed by atoms with Gasteiger partial charge in [0, 0.05) is 6.07 Å². The molecule has 0 aliphatic carbocycles. The molecule has 0 aliphatic rings. The number of para-hydroxylation sites is 1. The molecule has 1 heterocycles. The maximum Gasteiger partial charge on any atom is 0.337 e. The summed E-state index contributed by atoms with van der Waals surface area (Å²) in [5.74, 6) is -2.65. The van der Waals surface area contributed by atoms with Crippen LogP contribution in [0.25, 0.3) is 16.7 Å². The van der Waals surface area contributed by atoms with Gasteiger partial charge in [0.2, 0.25) is 0 Å². The van der Waals surface area contributed by atoms with Crippen LogP contribution in [0.5, 0.6) is 0 Å². The number of aromatic carboxylic acids is 1. The first-order chi connectivity index (χ1) is 9.99. The Bertz CT molecular complexity index is 879. The number of benzene rings is 2. The Kier molecular flexibility index (Phi) is 3.17. The molecule has 0 atom stereocenters. The maximum absolute atomic E-state index is 14.0. The summed E-state index contributed by atoms with van der Waals surface area (Å²) in [5, 5.41) is 16.7. The van der Waals surface area contributed by atoms with Gasteiger partial charge in [-0.15, -0.1) is 5.10 Å². The van der Waals surface area contributed by atoms with Crippen molar-refractivity contribution in [3.8, 4) is 5.69 Å². The topological polar surface area (TPSA) is 68.0 Å². The summed E-state index contributed by atoms with van der Waals surface area (Å²) < 4.78 is 28.6. The molecule has 0 amide bonds. The van der Waals surface area contributed by atoms with E-state index in [-0.39, 0.29) is 26.8 Å². The van der Waals surface area contributed by atoms with Gasteiger partial charge in [-0.2, -0.15) is 0 Å². The van der Waals surface area contributed by atoms with Gasteiger partial charge in [-0.05, 0) is 34.1 Å². The number of fused-ring (bicyclic) bond motifs is 1. The smallest absolute Gasteiger partial charge is 0.337 e. The lowest BCUT2D eigenvalue weighted by atomic mass is 10.1. The zero-order valence-corrected chi connectivity index (χ0v) is 11.8. The third-order valence-corrected chi connectivity index (χ3v) is 3.52. The standard InChI is InChI=1S/C13H6BrF2N3O2/c14-7-4-9(16)11(5-8(7)15)19-12-6(13(20)21)2-1-3-10(12)17-18-19/h1-5H,(H,20,21). The average molecular weight is 354 g/mol. The van der Waals surface area contributed by atoms with Gasteiger partial charge in [0.25, 0.3) is 0 Å². The van der Waals surface area contributed by atoms with Crippen molar-refractivity contribution in [3.63, 3.8) is 0 Å². The number of nitrogens with zero attached hydrogens (tertiary/aromatic N) is 3. The van der Waals surface area contributed by atoms with E-state index < -0.39 is 17.6 Å². The molecule has 0 spiro atoms. The van der Waals surface area contributed by atoms with E-state index in [1.807, 2.05) is 0 Å². The fourth-order valence-electron chi connectivity index (χ4n) is 1.99. The van der Waals surface area contributed by atoms with E-state index in [1.54, 1.807) is 6.07 Å². The van der Waals surface area contributed by atoms with Crippen LogP contribution in [0.15, 0.2) is 34.8 Å². The van der Waals surface area contributed by atoms with Crippen LogP contribution in [0.1, 0.15) is 10.4 Å². The van der Waals surface area contributed by atoms with E-state index in [1.165, 1.54) is 12.1 Å². The van der Waals surface area contributed by atoms with Gasteiger partial charge in [0.15, 0.2) is 0 Å². The van der Waals surface area contributed by atoms with E-state index in [0.717, 1.165) is 16.8 Å². The molecule has 0 radical (unpaired) electrons. The first-order valence-electron chi connectivity index (χ1n) is 5.71. The molecule has 3 aromatic rings. The van der Waals surface area contributed by atoms with Crippen LogP contribution in [0, 0.1) is 11.6 Å². The molecule has 2 aromatic carbocycles. The summed E-state index contributed by atoms with van der Waals surface area (Å²) in [6.45, 7) is 0. The van der Waals surface area contributed by atoms with E-state index >= 15 is 0 Å². The lowest BCUT2D eigenvalue weighted by Crippen LogP contribution is -2.05. The molecule has 0 fully saturated rings. The number of aromatic nitrogens is 3. The van der Waals surface area contributed by atoms with Crippen LogP contribution in [0.4, 0.5) is 8.78 Å². The van der Waals surface area contributed by atoms with E-state index in [9.17, 15) is 18.7 Å². The fraction of sp³-hybridized carbons (Fsp3) is 0. The summed E-state index contributed by atoms with van der Waals surface area (Å²) in [6.07, 6.45) is 0. The van der Waals surface area contributed by atoms with Gasteiger partial charge in [0.1, 0.15) is 28.4 Å². The number of rotatable bonds is 2. The Labute approximate surface area is 124 Å². The van der Waals surface area contributed by atoms with Crippen molar-refractivity contribution in [2.75, 3.05) is 0 Å². The van der Waals surface area contributed by atoms with Gasteiger partial charge in [-0.3, -0.25) is 0 Å². The molecule has 106 valence electrons. The number of carbonyl (C=O) groups is 1. The molecule has 0 saturated carbocycles. The number of carboxylic acids is 1. The Hall–Kier alpha value is -2.35. The lowest BCUT2D eigenvalue weighted by Gasteiger charge is -2.07. The highest BCUT2D eigenvalue weighted by molar-refractivity contribution is 9.10. The van der Waals surface area contributed by atoms with Gasteiger partial charge < -0.3 is 5.11 Å². The lowest BCUT2D eigenvalue weighted by molar-refractivity contribution is 0.0698. The Morgan fingerprint density at radius 3 is 2.71 bits per heavy atom. The molecule has 0 saturated heterocycles. The van der Waals surface area contributed by atoms with E-state index in [2.05, 4.69) is 26.2 Å². The normalized spacial score (nSPS) is 11.0. The Morgan fingerprint density at radius 2 is 2.00 bits per heavy atom. The molecular formula is C13H6BrF2N3O2. The second kappa shape index (κ2) is 4.88. The van der Waals surface area contributed by atoms with Crippen molar-refractivity contribution in [1.29, 1.82) is 0 Å². The summed E-state index contributed by atoms with van der Waals surface area (Å²) in [6, 6.07) is 6.26. The zero-order valence-electron chi connectivity index (χ0n) is 10.2. The van der Waals surface area contributed by atoms with Crippen LogP contribution in [0.3, 0.4) is 0 Å². The predicted octanol–water partition coefficient (Wildman–Crippen LogP) is 3.16. The van der Waals surface area contributed by atoms with Crippen molar-refractivity contribution in [2.45, 2.75) is 0 Å². The van der Waals surface area contributed by atoms with Gasteiger partial charge >= 0.3 is 5.97 Å². The molecule has 0 unspecified atom stereocenters. The van der Waals surface area contributed by atoms with Gasteiger partial charge in [-0.1, -0.05) is 11.3 Å². The zero-order chi connectivity index (χ0) is 15.1. The number of carboxylic acid groups (broad SMARTS) is 1. The molecule has 0 bridgehead atoms. The molecule has 0 aliphatic heterocycles. The minimum Gasteiger partial charge on any atom is -0.478 e. The molecule has 8 heteroatoms. The molecule has 1 N–H and O–H groups in total. The quantitative estimate of drug-likeness (QED) is 0.718. The first-order valence-corrected chi connectivity index (χ1v) is 6.51. The van der Waals surface area contributed by atoms with Crippen molar-refractivity contribution in [2.24, 2.45) is 0 Å². The molecule has 5 nitrogen and oxygen atoms in total. The minimum atomic E-state index is -1.21. The van der Waals surface area contributed by atoms with E-state index in [4.69, 9.17) is 0 Å². The van der Waals surface area contributed by atoms with Crippen molar-refractivity contribution in [1.82, 2.24) is 15.0 Å². The molecule has 3 rings (SSSR count). The van der Waals surface area contributed by atoms with Crippen LogP contribution in [-0.2, 0) is 0 Å². The Balaban J connectivity index is 2.36. The SMILES string of the molecule is O=C(O)c1cccc2nnn(-c3cc(F)c(Br)cc3F)c12. The number of halogens is 3. The second-order valence-electron chi connectivity index (χ2n) is 4.20. The highest BCUT2D eigenvalue weighted by Gasteiger charge is 2.19. The first kappa shape index (κ1) is 13.6. The Morgan fingerprint density at radius 1 is 1.24 bits per heavy atom. The molecular weight excluding hydrogens is 348 g/mol. The molecule has 21 heavy (non-hydrogen) atoms. The van der Waals surface area contributed by atoms with Crippen LogP contribution in [0.2, 0.25) is 0 Å². The summed E-state index contributed by atoms with van der Waals surface area (Å²) in [7, 11) is 0. The third kappa shape index (κ3) is 2.17.